The third kappa shape index (κ3) is 6.03. The van der Waals surface area contributed by atoms with Gasteiger partial charge in [0.1, 0.15) is 11.9 Å². The molecule has 0 amide bonds. The Bertz CT molecular complexity index is 1050. The van der Waals surface area contributed by atoms with E-state index in [1.165, 1.54) is 0 Å². The average Bonchev–Trinajstić information content (AvgIpc) is 3.76. The van der Waals surface area contributed by atoms with E-state index in [0.29, 0.717) is 13.0 Å². The fraction of sp³-hybridized carbons (Fsp3) is 0.700. The molecule has 0 bridgehead atoms. The molecule has 8 heteroatoms. The number of aliphatic hydroxyl groups excluding tert-OH is 2. The second-order valence-electron chi connectivity index (χ2n) is 12.5. The Morgan fingerprint density at radius 1 is 1.13 bits per heavy atom. The first-order valence-corrected chi connectivity index (χ1v) is 13.8. The van der Waals surface area contributed by atoms with E-state index in [9.17, 15) is 19.8 Å². The van der Waals surface area contributed by atoms with Crippen LogP contribution in [0.4, 0.5) is 0 Å². The molecule has 8 atom stereocenters. The summed E-state index contributed by atoms with van der Waals surface area (Å²) in [7, 11) is 0. The Morgan fingerprint density at radius 2 is 1.84 bits per heavy atom. The third-order valence-electron chi connectivity index (χ3n) is 9.10. The maximum atomic E-state index is 13.7. The summed E-state index contributed by atoms with van der Waals surface area (Å²) >= 11 is 0. The van der Waals surface area contributed by atoms with Crippen molar-refractivity contribution in [1.29, 1.82) is 0 Å². The molecule has 0 aliphatic carbocycles. The Labute approximate surface area is 225 Å². The number of esters is 1. The Balaban J connectivity index is 1.62. The molecule has 38 heavy (non-hydrogen) atoms. The van der Waals surface area contributed by atoms with Crippen LogP contribution in [0.15, 0.2) is 30.0 Å². The molecule has 1 aromatic heterocycles. The summed E-state index contributed by atoms with van der Waals surface area (Å²) in [5.74, 6) is -1.78. The van der Waals surface area contributed by atoms with Crippen LogP contribution >= 0.6 is 0 Å². The van der Waals surface area contributed by atoms with Crippen molar-refractivity contribution in [1.82, 2.24) is 4.98 Å². The molecule has 2 N–H and O–H groups in total. The van der Waals surface area contributed by atoms with E-state index >= 15 is 0 Å². The van der Waals surface area contributed by atoms with Gasteiger partial charge >= 0.3 is 5.97 Å². The number of pyridine rings is 1. The monoisotopic (exact) mass is 529 g/mol. The van der Waals surface area contributed by atoms with Crippen LogP contribution in [0.3, 0.4) is 0 Å². The molecule has 4 rings (SSSR count). The molecule has 3 fully saturated rings. The third-order valence-corrected chi connectivity index (χ3v) is 9.10. The number of cyclic esters (lactones) is 1. The number of nitrogens with zero attached hydrogens (tertiary/aromatic N) is 1. The van der Waals surface area contributed by atoms with Crippen molar-refractivity contribution in [2.75, 3.05) is 6.61 Å². The first-order valence-electron chi connectivity index (χ1n) is 13.8. The maximum absolute atomic E-state index is 13.7. The number of rotatable bonds is 3. The van der Waals surface area contributed by atoms with E-state index in [1.807, 2.05) is 45.0 Å². The lowest BCUT2D eigenvalue weighted by Gasteiger charge is -2.35. The Hall–Kier alpha value is -2.13. The lowest BCUT2D eigenvalue weighted by Crippen LogP contribution is -2.48. The van der Waals surface area contributed by atoms with Crippen molar-refractivity contribution in [2.24, 2.45) is 17.3 Å². The normalized spacial score (nSPS) is 40.7. The maximum Gasteiger partial charge on any atom is 0.309 e. The standard InChI is InChI=1S/C30H43NO7/c1-18-10-9-12-29(5)30(6,38-29)16-21(19(2)14-20-11-7-8-13-31-20)37-24(33)15-23(32)28(3,4)27(35)25(26(18)34)22-17-36-22/h7-8,11,13-14,18,21-23,25-26,32,34H,9-10,12,15-17H2,1-6H3/t18-,21-,22?,23-,25-,26-,29?,30?/m0/s1. The van der Waals surface area contributed by atoms with Crippen LogP contribution in [-0.2, 0) is 23.8 Å². The fourth-order valence-corrected chi connectivity index (χ4v) is 5.79. The molecular weight excluding hydrogens is 486 g/mol. The quantitative estimate of drug-likeness (QED) is 0.447. The minimum absolute atomic E-state index is 0.135. The SMILES string of the molecule is CC(=Cc1ccccn1)[C@@H]1CC2(C)OC2(C)CCC[C@H](C)[C@H](O)[C@H](C2CO2)C(=O)C(C)(C)[C@@H](O)CC(=O)O1. The highest BCUT2D eigenvalue weighted by Crippen LogP contribution is 2.54. The van der Waals surface area contributed by atoms with Crippen LogP contribution in [0.2, 0.25) is 0 Å². The van der Waals surface area contributed by atoms with Gasteiger partial charge in [-0.25, -0.2) is 0 Å². The highest BCUT2D eigenvalue weighted by atomic mass is 16.6. The fourth-order valence-electron chi connectivity index (χ4n) is 5.79. The summed E-state index contributed by atoms with van der Waals surface area (Å²) < 4.78 is 17.7. The van der Waals surface area contributed by atoms with Gasteiger partial charge in [-0.2, -0.15) is 0 Å². The van der Waals surface area contributed by atoms with Crippen LogP contribution in [0.25, 0.3) is 6.08 Å². The van der Waals surface area contributed by atoms with E-state index in [4.69, 9.17) is 14.2 Å². The van der Waals surface area contributed by atoms with E-state index in [1.54, 1.807) is 20.0 Å². The summed E-state index contributed by atoms with van der Waals surface area (Å²) in [6.45, 7) is 11.6. The lowest BCUT2D eigenvalue weighted by atomic mass is 9.71. The van der Waals surface area contributed by atoms with Crippen LogP contribution in [-0.4, -0.2) is 69.2 Å². The van der Waals surface area contributed by atoms with Gasteiger partial charge in [0, 0.05) is 12.6 Å². The zero-order chi connectivity index (χ0) is 27.9. The molecule has 210 valence electrons. The zero-order valence-electron chi connectivity index (χ0n) is 23.5. The second kappa shape index (κ2) is 10.8. The van der Waals surface area contributed by atoms with Gasteiger partial charge < -0.3 is 24.4 Å². The second-order valence-corrected chi connectivity index (χ2v) is 12.5. The van der Waals surface area contributed by atoms with Gasteiger partial charge in [0.15, 0.2) is 0 Å². The van der Waals surface area contributed by atoms with Crippen LogP contribution in [0.5, 0.6) is 0 Å². The molecule has 3 aliphatic rings. The van der Waals surface area contributed by atoms with Gasteiger partial charge in [0.2, 0.25) is 0 Å². The lowest BCUT2D eigenvalue weighted by molar-refractivity contribution is -0.155. The minimum atomic E-state index is -1.28. The number of aromatic nitrogens is 1. The molecule has 0 radical (unpaired) electrons. The van der Waals surface area contributed by atoms with Crippen molar-refractivity contribution in [3.05, 3.63) is 35.7 Å². The molecule has 0 spiro atoms. The van der Waals surface area contributed by atoms with Gasteiger partial charge in [-0.05, 0) is 63.3 Å². The minimum Gasteiger partial charge on any atom is -0.458 e. The van der Waals surface area contributed by atoms with Crippen molar-refractivity contribution >= 4 is 17.8 Å². The average molecular weight is 530 g/mol. The predicted octanol–water partition coefficient (Wildman–Crippen LogP) is 3.88. The molecule has 1 aromatic rings. The molecule has 3 aliphatic heterocycles. The summed E-state index contributed by atoms with van der Waals surface area (Å²) in [4.78, 5) is 31.2. The van der Waals surface area contributed by atoms with Gasteiger partial charge in [-0.3, -0.25) is 14.6 Å². The van der Waals surface area contributed by atoms with Crippen LogP contribution in [0, 0.1) is 17.3 Å². The first kappa shape index (κ1) is 28.9. The number of aliphatic hydroxyl groups is 2. The van der Waals surface area contributed by atoms with Gasteiger partial charge in [-0.15, -0.1) is 0 Å². The van der Waals surface area contributed by atoms with E-state index in [-0.39, 0.29) is 29.8 Å². The number of hydrogen-bond acceptors (Lipinski definition) is 8. The van der Waals surface area contributed by atoms with Gasteiger partial charge in [-0.1, -0.05) is 33.3 Å². The largest absolute Gasteiger partial charge is 0.458 e. The first-order chi connectivity index (χ1) is 17.8. The van der Waals surface area contributed by atoms with Crippen LogP contribution < -0.4 is 0 Å². The number of fused-ring (bicyclic) bond motifs is 1. The highest BCUT2D eigenvalue weighted by molar-refractivity contribution is 5.89. The molecule has 3 saturated heterocycles. The molecule has 0 saturated carbocycles. The van der Waals surface area contributed by atoms with Crippen molar-refractivity contribution in [3.63, 3.8) is 0 Å². The number of hydrogen-bond donors (Lipinski definition) is 2. The number of carbonyl (C=O) groups excluding carboxylic acids is 2. The van der Waals surface area contributed by atoms with Gasteiger partial charge in [0.25, 0.3) is 0 Å². The topological polar surface area (TPSA) is 122 Å². The van der Waals surface area contributed by atoms with E-state index in [2.05, 4.69) is 11.9 Å². The summed E-state index contributed by atoms with van der Waals surface area (Å²) in [6.07, 6.45) is 2.93. The summed E-state index contributed by atoms with van der Waals surface area (Å²) in [5, 5.41) is 22.3. The highest BCUT2D eigenvalue weighted by Gasteiger charge is 2.63. The Morgan fingerprint density at radius 3 is 2.47 bits per heavy atom. The summed E-state index contributed by atoms with van der Waals surface area (Å²) in [6, 6.07) is 5.62. The predicted molar refractivity (Wildman–Crippen MR) is 142 cm³/mol. The number of epoxide rings is 2. The van der Waals surface area contributed by atoms with E-state index < -0.39 is 41.2 Å². The number of carbonyl (C=O) groups is 2. The molecule has 4 heterocycles. The van der Waals surface area contributed by atoms with Crippen molar-refractivity contribution in [2.45, 2.75) is 109 Å². The zero-order valence-corrected chi connectivity index (χ0v) is 23.5. The number of ether oxygens (including phenoxy) is 3. The van der Waals surface area contributed by atoms with Crippen LogP contribution in [0.1, 0.15) is 79.3 Å². The number of Topliss-reactive ketones (excluding diaryl/α,β-unsaturated/α-hetero) is 1. The smallest absolute Gasteiger partial charge is 0.309 e. The molecule has 3 unspecified atom stereocenters. The molecular formula is C30H43NO7. The van der Waals surface area contributed by atoms with Crippen molar-refractivity contribution in [3.8, 4) is 0 Å². The number of ketones is 1. The molecule has 0 aromatic carbocycles. The molecule has 8 nitrogen and oxygen atoms in total. The van der Waals surface area contributed by atoms with Gasteiger partial charge in [0.05, 0.1) is 59.6 Å². The van der Waals surface area contributed by atoms with E-state index in [0.717, 1.165) is 30.5 Å². The van der Waals surface area contributed by atoms with Crippen molar-refractivity contribution < 1.29 is 34.0 Å². The summed E-state index contributed by atoms with van der Waals surface area (Å²) in [5.41, 5.74) is -0.573. The Kier molecular flexibility index (Phi) is 8.20.